The predicted octanol–water partition coefficient (Wildman–Crippen LogP) is 1.85. The molecule has 1 heterocycles. The van der Waals surface area contributed by atoms with Crippen molar-refractivity contribution in [1.29, 1.82) is 0 Å². The fraction of sp³-hybridized carbons (Fsp3) is 0.263. The van der Waals surface area contributed by atoms with E-state index in [1.54, 1.807) is 0 Å². The number of hydrogen-bond acceptors (Lipinski definition) is 2. The van der Waals surface area contributed by atoms with Crippen LogP contribution in [0.15, 0.2) is 54.6 Å². The van der Waals surface area contributed by atoms with Crippen molar-refractivity contribution in [3.8, 4) is 0 Å². The number of hydrogen-bond donors (Lipinski definition) is 1. The summed E-state index contributed by atoms with van der Waals surface area (Å²) in [6, 6.07) is 17.1. The van der Waals surface area contributed by atoms with Crippen molar-refractivity contribution in [3.63, 3.8) is 0 Å². The molecule has 1 aliphatic heterocycles. The molecule has 0 aliphatic carbocycles. The second-order valence-corrected chi connectivity index (χ2v) is 6.68. The van der Waals surface area contributed by atoms with Gasteiger partial charge in [-0.2, -0.15) is 0 Å². The highest BCUT2D eigenvalue weighted by Crippen LogP contribution is 2.28. The molecule has 1 fully saturated rings. The maximum atomic E-state index is 12.6. The van der Waals surface area contributed by atoms with E-state index in [1.165, 1.54) is 4.90 Å². The van der Waals surface area contributed by atoms with Crippen LogP contribution in [0.4, 0.5) is 0 Å². The normalized spacial score (nSPS) is 18.9. The Labute approximate surface area is 146 Å². The van der Waals surface area contributed by atoms with Gasteiger partial charge in [-0.05, 0) is 17.7 Å². The van der Waals surface area contributed by atoms with Gasteiger partial charge in [0, 0.05) is 17.0 Å². The molecule has 0 bridgehead atoms. The SMILES string of the molecule is C[NH+](Cc1ccc(Cl)cc1)CN1C(=O)C[C@H](c2ccccc2)C1=O. The average molecular weight is 344 g/mol. The van der Waals surface area contributed by atoms with Gasteiger partial charge in [0.05, 0.1) is 13.0 Å². The van der Waals surface area contributed by atoms with Crippen molar-refractivity contribution >= 4 is 23.4 Å². The molecule has 24 heavy (non-hydrogen) atoms. The lowest BCUT2D eigenvalue weighted by atomic mass is 9.98. The predicted molar refractivity (Wildman–Crippen MR) is 92.6 cm³/mol. The number of amides is 2. The summed E-state index contributed by atoms with van der Waals surface area (Å²) in [5.41, 5.74) is 2.03. The molecule has 1 unspecified atom stereocenters. The summed E-state index contributed by atoms with van der Waals surface area (Å²) >= 11 is 5.89. The third-order valence-corrected chi connectivity index (χ3v) is 4.55. The summed E-state index contributed by atoms with van der Waals surface area (Å²) in [5.74, 6) is -0.534. The van der Waals surface area contributed by atoms with Crippen LogP contribution in [0, 0.1) is 0 Å². The lowest BCUT2D eigenvalue weighted by Crippen LogP contribution is -3.09. The second kappa shape index (κ2) is 7.16. The molecule has 2 aromatic carbocycles. The van der Waals surface area contributed by atoms with Crippen LogP contribution in [0.2, 0.25) is 5.02 Å². The Morgan fingerprint density at radius 1 is 1.08 bits per heavy atom. The average Bonchev–Trinajstić information content (AvgIpc) is 2.86. The number of carbonyl (C=O) groups excluding carboxylic acids is 2. The van der Waals surface area contributed by atoms with E-state index in [-0.39, 0.29) is 24.2 Å². The van der Waals surface area contributed by atoms with Crippen LogP contribution in [0.5, 0.6) is 0 Å². The molecule has 1 N–H and O–H groups in total. The number of halogens is 1. The van der Waals surface area contributed by atoms with E-state index in [9.17, 15) is 9.59 Å². The second-order valence-electron chi connectivity index (χ2n) is 6.25. The number of likely N-dealkylation sites (tertiary alicyclic amines) is 1. The van der Waals surface area contributed by atoms with E-state index in [0.29, 0.717) is 11.7 Å². The zero-order chi connectivity index (χ0) is 17.1. The minimum Gasteiger partial charge on any atom is -0.316 e. The first kappa shape index (κ1) is 16.7. The van der Waals surface area contributed by atoms with Gasteiger partial charge in [0.2, 0.25) is 11.8 Å². The van der Waals surface area contributed by atoms with E-state index in [4.69, 9.17) is 11.6 Å². The number of rotatable bonds is 5. The van der Waals surface area contributed by atoms with Gasteiger partial charge in [-0.3, -0.25) is 9.59 Å². The van der Waals surface area contributed by atoms with Crippen LogP contribution in [0.3, 0.4) is 0 Å². The zero-order valence-electron chi connectivity index (χ0n) is 13.5. The highest BCUT2D eigenvalue weighted by atomic mass is 35.5. The van der Waals surface area contributed by atoms with Crippen molar-refractivity contribution in [2.75, 3.05) is 13.7 Å². The van der Waals surface area contributed by atoms with E-state index in [1.807, 2.05) is 61.6 Å². The van der Waals surface area contributed by atoms with Crippen LogP contribution in [0.25, 0.3) is 0 Å². The third kappa shape index (κ3) is 3.66. The van der Waals surface area contributed by atoms with Gasteiger partial charge < -0.3 is 4.90 Å². The molecule has 4 nitrogen and oxygen atoms in total. The fourth-order valence-corrected chi connectivity index (χ4v) is 3.20. The number of carbonyl (C=O) groups is 2. The number of nitrogens with one attached hydrogen (secondary N) is 1. The summed E-state index contributed by atoms with van der Waals surface area (Å²) in [6.45, 7) is 1.11. The first-order chi connectivity index (χ1) is 11.5. The molecular weight excluding hydrogens is 324 g/mol. The Morgan fingerprint density at radius 3 is 2.42 bits per heavy atom. The number of imide groups is 1. The third-order valence-electron chi connectivity index (χ3n) is 4.29. The van der Waals surface area contributed by atoms with Crippen LogP contribution in [0.1, 0.15) is 23.5 Å². The van der Waals surface area contributed by atoms with Crippen molar-refractivity contribution in [2.24, 2.45) is 0 Å². The summed E-state index contributed by atoms with van der Waals surface area (Å²) in [5, 5.41) is 0.701. The van der Waals surface area contributed by atoms with Crippen molar-refractivity contribution < 1.29 is 14.5 Å². The maximum Gasteiger partial charge on any atom is 0.241 e. The monoisotopic (exact) mass is 343 g/mol. The molecule has 1 saturated heterocycles. The fourth-order valence-electron chi connectivity index (χ4n) is 3.07. The molecule has 2 atom stereocenters. The largest absolute Gasteiger partial charge is 0.316 e. The molecule has 0 radical (unpaired) electrons. The van der Waals surface area contributed by atoms with Crippen LogP contribution in [-0.2, 0) is 16.1 Å². The summed E-state index contributed by atoms with van der Waals surface area (Å²) in [6.07, 6.45) is 0.261. The van der Waals surface area contributed by atoms with E-state index >= 15 is 0 Å². The van der Waals surface area contributed by atoms with E-state index in [2.05, 4.69) is 0 Å². The smallest absolute Gasteiger partial charge is 0.241 e. The number of nitrogens with zero attached hydrogens (tertiary/aromatic N) is 1. The van der Waals surface area contributed by atoms with Crippen LogP contribution >= 0.6 is 11.6 Å². The van der Waals surface area contributed by atoms with Crippen molar-refractivity contribution in [1.82, 2.24) is 4.90 Å². The highest BCUT2D eigenvalue weighted by Gasteiger charge is 2.40. The topological polar surface area (TPSA) is 41.8 Å². The quantitative estimate of drug-likeness (QED) is 0.842. The Bertz CT molecular complexity index is 731. The standard InChI is InChI=1S/C19H19ClN2O2/c1-21(12-14-7-9-16(20)10-8-14)13-22-18(23)11-17(19(22)24)15-5-3-2-4-6-15/h2-10,17H,11-13H2,1H3/p+1/t17-/m1/s1. The minimum atomic E-state index is -0.345. The molecule has 3 rings (SSSR count). The number of quaternary nitrogens is 1. The molecular formula is C19H20ClN2O2+. The van der Waals surface area contributed by atoms with Gasteiger partial charge in [-0.25, -0.2) is 4.90 Å². The zero-order valence-corrected chi connectivity index (χ0v) is 14.3. The lowest BCUT2D eigenvalue weighted by Gasteiger charge is -2.20. The first-order valence-corrected chi connectivity index (χ1v) is 8.37. The Morgan fingerprint density at radius 2 is 1.75 bits per heavy atom. The molecule has 0 spiro atoms. The van der Waals surface area contributed by atoms with E-state index in [0.717, 1.165) is 22.6 Å². The maximum absolute atomic E-state index is 12.6. The van der Waals surface area contributed by atoms with Crippen LogP contribution < -0.4 is 4.90 Å². The Kier molecular flexibility index (Phi) is 4.97. The van der Waals surface area contributed by atoms with E-state index < -0.39 is 0 Å². The van der Waals surface area contributed by atoms with Gasteiger partial charge in [0.25, 0.3) is 0 Å². The summed E-state index contributed by atoms with van der Waals surface area (Å²) in [4.78, 5) is 27.4. The minimum absolute atomic E-state index is 0.0932. The van der Waals surface area contributed by atoms with Gasteiger partial charge in [-0.1, -0.05) is 54.1 Å². The van der Waals surface area contributed by atoms with Gasteiger partial charge >= 0.3 is 0 Å². The molecule has 0 saturated carbocycles. The molecule has 1 aliphatic rings. The molecule has 2 aromatic rings. The van der Waals surface area contributed by atoms with Crippen molar-refractivity contribution in [3.05, 3.63) is 70.7 Å². The van der Waals surface area contributed by atoms with Gasteiger partial charge in [0.15, 0.2) is 6.67 Å². The van der Waals surface area contributed by atoms with Gasteiger partial charge in [0.1, 0.15) is 6.54 Å². The lowest BCUT2D eigenvalue weighted by molar-refractivity contribution is -0.901. The summed E-state index contributed by atoms with van der Waals surface area (Å²) in [7, 11) is 1.98. The Hall–Kier alpha value is -2.17. The first-order valence-electron chi connectivity index (χ1n) is 7.99. The van der Waals surface area contributed by atoms with Crippen molar-refractivity contribution in [2.45, 2.75) is 18.9 Å². The Balaban J connectivity index is 1.65. The molecule has 0 aromatic heterocycles. The summed E-state index contributed by atoms with van der Waals surface area (Å²) < 4.78 is 0. The highest BCUT2D eigenvalue weighted by molar-refractivity contribution is 6.30. The molecule has 124 valence electrons. The molecule has 5 heteroatoms. The van der Waals surface area contributed by atoms with Crippen LogP contribution in [-0.4, -0.2) is 30.4 Å². The van der Waals surface area contributed by atoms with Gasteiger partial charge in [-0.15, -0.1) is 0 Å². The molecule has 2 amide bonds. The number of benzene rings is 2.